The second-order valence-electron chi connectivity index (χ2n) is 8.43. The molecular weight excluding hydrogens is 491 g/mol. The van der Waals surface area contributed by atoms with Crippen LogP contribution in [-0.2, 0) is 6.61 Å². The lowest BCUT2D eigenvalue weighted by atomic mass is 9.92. The highest BCUT2D eigenvalue weighted by atomic mass is 35.5. The minimum absolute atomic E-state index is 0.131. The lowest BCUT2D eigenvalue weighted by Gasteiger charge is -2.52. The van der Waals surface area contributed by atoms with Crippen molar-refractivity contribution in [1.82, 2.24) is 14.3 Å². The highest BCUT2D eigenvalue weighted by Gasteiger charge is 2.42. The van der Waals surface area contributed by atoms with Gasteiger partial charge in [-0.25, -0.2) is 9.29 Å². The third-order valence-corrected chi connectivity index (χ3v) is 7.73. The maximum atomic E-state index is 8.70. The van der Waals surface area contributed by atoms with Gasteiger partial charge < -0.3 is 15.4 Å². The summed E-state index contributed by atoms with van der Waals surface area (Å²) in [6, 6.07) is 9.07. The molecule has 0 atom stereocenters. The van der Waals surface area contributed by atoms with Crippen LogP contribution in [0.25, 0.3) is 0 Å². The van der Waals surface area contributed by atoms with Crippen LogP contribution >= 0.6 is 35.1 Å². The Morgan fingerprint density at radius 1 is 1.21 bits per heavy atom. The molecule has 0 amide bonds. The van der Waals surface area contributed by atoms with Crippen molar-refractivity contribution in [3.05, 3.63) is 75.7 Å². The Labute approximate surface area is 213 Å². The van der Waals surface area contributed by atoms with Crippen molar-refractivity contribution in [2.24, 2.45) is 0 Å². The largest absolute Gasteiger partial charge is 0.489 e. The lowest BCUT2D eigenvalue weighted by Crippen LogP contribution is -2.66. The van der Waals surface area contributed by atoms with E-state index in [1.807, 2.05) is 12.1 Å². The van der Waals surface area contributed by atoms with Gasteiger partial charge in [-0.15, -0.1) is 0 Å². The van der Waals surface area contributed by atoms with Gasteiger partial charge in [-0.1, -0.05) is 35.1 Å². The molecule has 3 N–H and O–H groups in total. The van der Waals surface area contributed by atoms with Crippen molar-refractivity contribution < 1.29 is 4.74 Å². The molecule has 10 heteroatoms. The van der Waals surface area contributed by atoms with Gasteiger partial charge in [0.05, 0.1) is 21.3 Å². The number of pyridine rings is 2. The van der Waals surface area contributed by atoms with Crippen LogP contribution in [-0.4, -0.2) is 51.9 Å². The summed E-state index contributed by atoms with van der Waals surface area (Å²) in [5, 5.41) is 9.57. The number of aromatic nitrogens is 2. The Kier molecular flexibility index (Phi) is 7.23. The summed E-state index contributed by atoms with van der Waals surface area (Å²) in [6.45, 7) is 4.24. The number of ether oxygens (including phenoxy) is 1. The third-order valence-electron chi connectivity index (χ3n) is 6.09. The van der Waals surface area contributed by atoms with E-state index in [0.717, 1.165) is 18.9 Å². The number of likely N-dealkylation sites (N-methyl/N-ethyl adjacent to an activating group) is 1. The molecule has 0 aliphatic carbocycles. The number of nitrogen functional groups attached to an aromatic ring is 1. The maximum absolute atomic E-state index is 8.70. The first-order chi connectivity index (χ1) is 16.2. The average molecular weight is 517 g/mol. The van der Waals surface area contributed by atoms with Crippen LogP contribution in [0.15, 0.2) is 48.9 Å². The number of nitrogens with one attached hydrogen (secondary N) is 1. The molecule has 1 aliphatic rings. The fourth-order valence-corrected chi connectivity index (χ4v) is 4.84. The summed E-state index contributed by atoms with van der Waals surface area (Å²) in [5.41, 5.74) is 8.97. The molecule has 1 aliphatic heterocycles. The number of rotatable bonds is 8. The first kappa shape index (κ1) is 24.6. The molecule has 0 saturated carbocycles. The Balaban J connectivity index is 1.46. The smallest absolute Gasteiger partial charge is 0.128 e. The number of hydrogen-bond donors (Lipinski definition) is 2. The molecule has 0 radical (unpaired) electrons. The molecule has 0 bridgehead atoms. The molecule has 1 saturated heterocycles. The number of nitrogens with zero attached hydrogens (tertiary/aromatic N) is 4. The summed E-state index contributed by atoms with van der Waals surface area (Å²) in [5.74, 6) is 1.46. The van der Waals surface area contributed by atoms with E-state index < -0.39 is 0 Å². The van der Waals surface area contributed by atoms with E-state index in [1.165, 1.54) is 12.4 Å². The maximum Gasteiger partial charge on any atom is 0.128 e. The molecule has 0 spiro atoms. The average Bonchev–Trinajstić information content (AvgIpc) is 2.81. The highest BCUT2D eigenvalue weighted by Crippen LogP contribution is 2.33. The van der Waals surface area contributed by atoms with Crippen LogP contribution in [0.2, 0.25) is 10.0 Å². The molecule has 34 heavy (non-hydrogen) atoms. The second-order valence-corrected chi connectivity index (χ2v) is 10.2. The van der Waals surface area contributed by atoms with Gasteiger partial charge in [-0.2, -0.15) is 0 Å². The minimum atomic E-state index is 0.131. The first-order valence-electron chi connectivity index (χ1n) is 10.6. The fourth-order valence-electron chi connectivity index (χ4n) is 3.81. The van der Waals surface area contributed by atoms with E-state index in [1.54, 1.807) is 36.3 Å². The Hall–Kier alpha value is -2.52. The van der Waals surface area contributed by atoms with Gasteiger partial charge in [-0.3, -0.25) is 10.4 Å². The van der Waals surface area contributed by atoms with Gasteiger partial charge >= 0.3 is 0 Å². The third kappa shape index (κ3) is 4.95. The van der Waals surface area contributed by atoms with E-state index in [0.29, 0.717) is 38.2 Å². The summed E-state index contributed by atoms with van der Waals surface area (Å²) >= 11 is 14.1. The molecule has 1 aromatic carbocycles. The molecule has 0 unspecified atom stereocenters. The van der Waals surface area contributed by atoms with Gasteiger partial charge in [-0.05, 0) is 50.6 Å². The quantitative estimate of drug-likeness (QED) is 0.243. The lowest BCUT2D eigenvalue weighted by molar-refractivity contribution is 0.204. The minimum Gasteiger partial charge on any atom is -0.489 e. The van der Waals surface area contributed by atoms with Gasteiger partial charge in [0.2, 0.25) is 0 Å². The number of halogens is 2. The molecule has 2 aromatic heterocycles. The monoisotopic (exact) mass is 516 g/mol. The van der Waals surface area contributed by atoms with Crippen molar-refractivity contribution in [2.75, 3.05) is 37.0 Å². The van der Waals surface area contributed by atoms with Gasteiger partial charge in [0.25, 0.3) is 0 Å². The number of benzene rings is 1. The Morgan fingerprint density at radius 2 is 1.91 bits per heavy atom. The van der Waals surface area contributed by atoms with Gasteiger partial charge in [0.15, 0.2) is 0 Å². The van der Waals surface area contributed by atoms with Crippen molar-refractivity contribution >= 4 is 52.4 Å². The number of nitrogens with two attached hydrogens (primary N) is 1. The number of anilines is 2. The molecule has 7 nitrogen and oxygen atoms in total. The van der Waals surface area contributed by atoms with Crippen molar-refractivity contribution in [3.63, 3.8) is 0 Å². The van der Waals surface area contributed by atoms with Crippen molar-refractivity contribution in [3.8, 4) is 5.75 Å². The van der Waals surface area contributed by atoms with E-state index in [2.05, 4.69) is 39.4 Å². The van der Waals surface area contributed by atoms with Crippen molar-refractivity contribution in [1.29, 1.82) is 5.41 Å². The van der Waals surface area contributed by atoms with Crippen molar-refractivity contribution in [2.45, 2.75) is 19.1 Å². The Morgan fingerprint density at radius 3 is 2.53 bits per heavy atom. The molecule has 178 valence electrons. The molecule has 1 fully saturated rings. The van der Waals surface area contributed by atoms with E-state index >= 15 is 0 Å². The van der Waals surface area contributed by atoms with Crippen LogP contribution in [0.5, 0.6) is 5.75 Å². The molecule has 3 aromatic rings. The van der Waals surface area contributed by atoms with Crippen LogP contribution in [0.3, 0.4) is 0 Å². The Bertz CT molecular complexity index is 1180. The van der Waals surface area contributed by atoms with Crippen LogP contribution in [0.4, 0.5) is 11.5 Å². The summed E-state index contributed by atoms with van der Waals surface area (Å²) < 4.78 is 8.16. The first-order valence-corrected chi connectivity index (χ1v) is 12.5. The van der Waals surface area contributed by atoms with Gasteiger partial charge in [0.1, 0.15) is 18.2 Å². The summed E-state index contributed by atoms with van der Waals surface area (Å²) in [7, 11) is 2.11. The zero-order valence-corrected chi connectivity index (χ0v) is 21.5. The predicted octanol–water partition coefficient (Wildman–Crippen LogP) is 5.15. The van der Waals surface area contributed by atoms with Crippen LogP contribution < -0.4 is 15.4 Å². The second kappa shape index (κ2) is 10.00. The summed E-state index contributed by atoms with van der Waals surface area (Å²) in [6.07, 6.45) is 6.85. The van der Waals surface area contributed by atoms with Crippen LogP contribution in [0, 0.1) is 5.41 Å². The zero-order chi connectivity index (χ0) is 24.5. The van der Waals surface area contributed by atoms with Crippen LogP contribution in [0.1, 0.15) is 23.6 Å². The van der Waals surface area contributed by atoms with E-state index in [9.17, 15) is 0 Å². The molecular formula is C24H26Cl2N6OS. The SMILES string of the molecule is CSN(C)C1(C)CN(c2ccc(C(=N)c3cc(OCc4c(Cl)cncc4Cl)ccc3N)cn2)C1. The van der Waals surface area contributed by atoms with E-state index in [4.69, 9.17) is 39.1 Å². The highest BCUT2D eigenvalue weighted by molar-refractivity contribution is 7.96. The fraction of sp³-hybridized carbons (Fsp3) is 0.292. The molecule has 4 rings (SSSR count). The van der Waals surface area contributed by atoms with Gasteiger partial charge in [0, 0.05) is 54.1 Å². The summed E-state index contributed by atoms with van der Waals surface area (Å²) in [4.78, 5) is 10.8. The number of hydrogen-bond acceptors (Lipinski definition) is 8. The molecule has 3 heterocycles. The predicted molar refractivity (Wildman–Crippen MR) is 142 cm³/mol. The zero-order valence-electron chi connectivity index (χ0n) is 19.2. The topological polar surface area (TPSA) is 91.4 Å². The standard InChI is InChI=1S/C24H26Cl2N6OS/c1-24(31(2)34-3)13-32(14-24)22-7-4-15(9-30-22)23(28)17-8-16(5-6-21(17)27)33-12-18-19(25)10-29-11-20(18)26/h4-11,28H,12-14,27H2,1-3H3. The normalized spacial score (nSPS) is 14.7. The van der Waals surface area contributed by atoms with E-state index in [-0.39, 0.29) is 17.9 Å².